The molecule has 1 aliphatic heterocycles. The molecule has 0 N–H and O–H groups in total. The summed E-state index contributed by atoms with van der Waals surface area (Å²) >= 11 is 5.93. The number of esters is 2. The Morgan fingerprint density at radius 2 is 1.92 bits per heavy atom. The molecule has 0 saturated carbocycles. The van der Waals surface area contributed by atoms with Gasteiger partial charge in [0.15, 0.2) is 0 Å². The number of alkyl halides is 2. The molecule has 1 aromatic rings. The van der Waals surface area contributed by atoms with Gasteiger partial charge in [0.2, 0.25) is 0 Å². The van der Waals surface area contributed by atoms with Gasteiger partial charge in [0, 0.05) is 5.69 Å². The van der Waals surface area contributed by atoms with Crippen LogP contribution in [0, 0.1) is 0 Å². The highest BCUT2D eigenvalue weighted by Crippen LogP contribution is 2.33. The van der Waals surface area contributed by atoms with Crippen LogP contribution in [0.3, 0.4) is 0 Å². The number of ether oxygens (including phenoxy) is 4. The van der Waals surface area contributed by atoms with Crippen molar-refractivity contribution in [1.29, 1.82) is 0 Å². The van der Waals surface area contributed by atoms with E-state index < -0.39 is 18.6 Å². The highest BCUT2D eigenvalue weighted by Gasteiger charge is 2.32. The van der Waals surface area contributed by atoms with Gasteiger partial charge in [-0.2, -0.15) is 8.78 Å². The van der Waals surface area contributed by atoms with Crippen LogP contribution in [0.15, 0.2) is 29.5 Å². The van der Waals surface area contributed by atoms with Crippen molar-refractivity contribution in [2.24, 2.45) is 0 Å². The maximum absolute atomic E-state index is 12.3. The number of nitrogens with zero attached hydrogens (tertiary/aromatic N) is 1. The molecule has 0 aliphatic carbocycles. The molecule has 0 radical (unpaired) electrons. The highest BCUT2D eigenvalue weighted by atomic mass is 35.5. The first-order valence-corrected chi connectivity index (χ1v) is 7.26. The van der Waals surface area contributed by atoms with Crippen molar-refractivity contribution < 1.29 is 37.3 Å². The van der Waals surface area contributed by atoms with Crippen molar-refractivity contribution in [3.63, 3.8) is 0 Å². The van der Waals surface area contributed by atoms with Crippen molar-refractivity contribution in [2.75, 3.05) is 32.5 Å². The second-order valence-electron chi connectivity index (χ2n) is 4.71. The molecular formula is C15H14ClF2NO6. The van der Waals surface area contributed by atoms with E-state index in [1.54, 1.807) is 0 Å². The second kappa shape index (κ2) is 8.13. The lowest BCUT2D eigenvalue weighted by molar-refractivity contribution is -0.140. The lowest BCUT2D eigenvalue weighted by Gasteiger charge is -2.31. The van der Waals surface area contributed by atoms with Crippen LogP contribution in [0.4, 0.5) is 14.5 Å². The average molecular weight is 378 g/mol. The monoisotopic (exact) mass is 377 g/mol. The molecular weight excluding hydrogens is 364 g/mol. The zero-order valence-electron chi connectivity index (χ0n) is 13.3. The summed E-state index contributed by atoms with van der Waals surface area (Å²) in [6, 6.07) is 3.90. The minimum Gasteiger partial charge on any atom is -0.466 e. The summed E-state index contributed by atoms with van der Waals surface area (Å²) in [5.74, 6) is -1.77. The number of anilines is 1. The molecule has 0 bridgehead atoms. The Hall–Kier alpha value is -2.39. The first kappa shape index (κ1) is 18.9. The van der Waals surface area contributed by atoms with Crippen molar-refractivity contribution in [3.8, 4) is 5.75 Å². The van der Waals surface area contributed by atoms with Crippen LogP contribution in [-0.2, 0) is 23.8 Å². The van der Waals surface area contributed by atoms with Crippen molar-refractivity contribution in [2.45, 2.75) is 6.61 Å². The quantitative estimate of drug-likeness (QED) is 0.729. The fourth-order valence-electron chi connectivity index (χ4n) is 2.20. The predicted molar refractivity (Wildman–Crippen MR) is 82.4 cm³/mol. The topological polar surface area (TPSA) is 74.3 Å². The summed E-state index contributed by atoms with van der Waals surface area (Å²) in [7, 11) is 2.32. The van der Waals surface area contributed by atoms with Gasteiger partial charge in [0.25, 0.3) is 0 Å². The van der Waals surface area contributed by atoms with Gasteiger partial charge in [-0.05, 0) is 18.2 Å². The van der Waals surface area contributed by atoms with E-state index in [0.717, 1.165) is 14.2 Å². The van der Waals surface area contributed by atoms with Crippen molar-refractivity contribution >= 4 is 29.2 Å². The normalized spacial score (nSPS) is 14.6. The van der Waals surface area contributed by atoms with Crippen LogP contribution < -0.4 is 9.64 Å². The van der Waals surface area contributed by atoms with Crippen LogP contribution in [-0.4, -0.2) is 46.1 Å². The van der Waals surface area contributed by atoms with Gasteiger partial charge in [-0.3, -0.25) is 0 Å². The lowest BCUT2D eigenvalue weighted by atomic mass is 10.1. The Balaban J connectivity index is 2.47. The number of rotatable bonds is 5. The number of methoxy groups -OCH3 is 2. The van der Waals surface area contributed by atoms with E-state index in [-0.39, 0.29) is 35.4 Å². The van der Waals surface area contributed by atoms with E-state index in [9.17, 15) is 18.4 Å². The molecule has 0 saturated heterocycles. The molecule has 2 rings (SSSR count). The molecule has 0 amide bonds. The summed E-state index contributed by atoms with van der Waals surface area (Å²) in [6.07, 6.45) is 0. The van der Waals surface area contributed by atoms with E-state index >= 15 is 0 Å². The van der Waals surface area contributed by atoms with Gasteiger partial charge in [-0.1, -0.05) is 11.6 Å². The zero-order valence-corrected chi connectivity index (χ0v) is 14.0. The van der Waals surface area contributed by atoms with Crippen molar-refractivity contribution in [3.05, 3.63) is 34.5 Å². The van der Waals surface area contributed by atoms with Crippen LogP contribution in [0.25, 0.3) is 0 Å². The SMILES string of the molecule is COC(=O)C1=C(C(=O)OC)N(c2ccc(OC(F)F)c(Cl)c2)COC1. The van der Waals surface area contributed by atoms with Crippen LogP contribution in [0.5, 0.6) is 5.75 Å². The van der Waals surface area contributed by atoms with Gasteiger partial charge >= 0.3 is 18.6 Å². The molecule has 25 heavy (non-hydrogen) atoms. The summed E-state index contributed by atoms with van der Waals surface area (Å²) in [4.78, 5) is 25.3. The van der Waals surface area contributed by atoms with Crippen molar-refractivity contribution in [1.82, 2.24) is 0 Å². The Labute approximate surface area is 146 Å². The highest BCUT2D eigenvalue weighted by molar-refractivity contribution is 6.32. The predicted octanol–water partition coefficient (Wildman–Crippen LogP) is 2.34. The second-order valence-corrected chi connectivity index (χ2v) is 5.12. The van der Waals surface area contributed by atoms with E-state index in [1.807, 2.05) is 0 Å². The van der Waals surface area contributed by atoms with Crippen LogP contribution in [0.2, 0.25) is 5.02 Å². The third-order valence-corrected chi connectivity index (χ3v) is 3.57. The fourth-order valence-corrected chi connectivity index (χ4v) is 2.42. The maximum atomic E-state index is 12.3. The molecule has 1 aliphatic rings. The number of carbonyl (C=O) groups is 2. The van der Waals surface area contributed by atoms with Gasteiger partial charge in [-0.25, -0.2) is 9.59 Å². The van der Waals surface area contributed by atoms with Crippen LogP contribution >= 0.6 is 11.6 Å². The van der Waals surface area contributed by atoms with Gasteiger partial charge < -0.3 is 23.8 Å². The molecule has 10 heteroatoms. The van der Waals surface area contributed by atoms with E-state index in [2.05, 4.69) is 9.47 Å². The molecule has 7 nitrogen and oxygen atoms in total. The molecule has 0 unspecified atom stereocenters. The molecule has 0 aromatic heterocycles. The van der Waals surface area contributed by atoms with E-state index in [0.29, 0.717) is 5.69 Å². The largest absolute Gasteiger partial charge is 0.466 e. The molecule has 1 heterocycles. The molecule has 0 atom stereocenters. The minimum atomic E-state index is -3.03. The standard InChI is InChI=1S/C15H14ClF2NO6/c1-22-13(20)9-6-24-7-19(12(9)14(21)23-2)8-3-4-11(10(16)5-8)25-15(17)18/h3-5,15H,6-7H2,1-2H3. The Morgan fingerprint density at radius 1 is 1.24 bits per heavy atom. The van der Waals surface area contributed by atoms with E-state index in [4.69, 9.17) is 21.1 Å². The summed E-state index contributed by atoms with van der Waals surface area (Å²) in [6.45, 7) is -3.26. The third kappa shape index (κ3) is 4.18. The fraction of sp³-hybridized carbons (Fsp3) is 0.333. The smallest absolute Gasteiger partial charge is 0.387 e. The minimum absolute atomic E-state index is 0.0374. The Bertz CT molecular complexity index is 709. The Morgan fingerprint density at radius 3 is 2.48 bits per heavy atom. The maximum Gasteiger partial charge on any atom is 0.387 e. The third-order valence-electron chi connectivity index (χ3n) is 3.28. The van der Waals surface area contributed by atoms with E-state index in [1.165, 1.54) is 23.1 Å². The van der Waals surface area contributed by atoms with Crippen LogP contribution in [0.1, 0.15) is 0 Å². The first-order chi connectivity index (χ1) is 11.9. The Kier molecular flexibility index (Phi) is 6.16. The summed E-state index contributed by atoms with van der Waals surface area (Å²) in [5.41, 5.74) is 0.192. The zero-order chi connectivity index (χ0) is 18.6. The number of carbonyl (C=O) groups excluding carboxylic acids is 2. The summed E-state index contributed by atoms with van der Waals surface area (Å²) in [5, 5.41) is -0.104. The average Bonchev–Trinajstić information content (AvgIpc) is 2.61. The van der Waals surface area contributed by atoms with Gasteiger partial charge in [-0.15, -0.1) is 0 Å². The molecule has 1 aromatic carbocycles. The molecule has 0 fully saturated rings. The number of hydrogen-bond donors (Lipinski definition) is 0. The summed E-state index contributed by atoms with van der Waals surface area (Å²) < 4.78 is 43.6. The van der Waals surface area contributed by atoms with Gasteiger partial charge in [0.1, 0.15) is 18.2 Å². The first-order valence-electron chi connectivity index (χ1n) is 6.88. The lowest BCUT2D eigenvalue weighted by Crippen LogP contribution is -2.38. The number of hydrogen-bond acceptors (Lipinski definition) is 7. The molecule has 136 valence electrons. The number of benzene rings is 1. The number of halogens is 3. The molecule has 0 spiro atoms. The van der Waals surface area contributed by atoms with Gasteiger partial charge in [0.05, 0.1) is 31.4 Å².